The summed E-state index contributed by atoms with van der Waals surface area (Å²) in [7, 11) is 0. The summed E-state index contributed by atoms with van der Waals surface area (Å²) in [6.07, 6.45) is 0. The largest absolute Gasteiger partial charge is 0.456 e. The molecule has 0 aliphatic carbocycles. The summed E-state index contributed by atoms with van der Waals surface area (Å²) < 4.78 is 6.85. The lowest BCUT2D eigenvalue weighted by molar-refractivity contribution is 0.475. The molecule has 0 N–H and O–H groups in total. The molecule has 0 aliphatic rings. The van der Waals surface area contributed by atoms with Crippen LogP contribution >= 0.6 is 27.5 Å². The summed E-state index contributed by atoms with van der Waals surface area (Å²) in [4.78, 5) is 0. The van der Waals surface area contributed by atoms with Crippen molar-refractivity contribution in [3.8, 4) is 11.5 Å². The minimum Gasteiger partial charge on any atom is -0.456 e. The lowest BCUT2D eigenvalue weighted by Crippen LogP contribution is -1.91. The van der Waals surface area contributed by atoms with E-state index in [2.05, 4.69) is 35.8 Å². The lowest BCUT2D eigenvalue weighted by Gasteiger charge is -2.12. The van der Waals surface area contributed by atoms with Gasteiger partial charge in [-0.15, -0.1) is 11.6 Å². The number of ether oxygens (including phenoxy) is 1. The van der Waals surface area contributed by atoms with Gasteiger partial charge in [-0.3, -0.25) is 0 Å². The summed E-state index contributed by atoms with van der Waals surface area (Å²) in [6.45, 7) is 4.14. The molecule has 0 fully saturated rings. The van der Waals surface area contributed by atoms with Crippen LogP contribution in [-0.4, -0.2) is 0 Å². The predicted octanol–water partition coefficient (Wildman–Crippen LogP) is 5.60. The van der Waals surface area contributed by atoms with Gasteiger partial charge in [-0.2, -0.15) is 0 Å². The Morgan fingerprint density at radius 2 is 1.89 bits per heavy atom. The van der Waals surface area contributed by atoms with Crippen LogP contribution in [0.1, 0.15) is 16.7 Å². The smallest absolute Gasteiger partial charge is 0.141 e. The van der Waals surface area contributed by atoms with Gasteiger partial charge in [0.25, 0.3) is 0 Å². The summed E-state index contributed by atoms with van der Waals surface area (Å²) in [5, 5.41) is 0. The van der Waals surface area contributed by atoms with Crippen molar-refractivity contribution in [2.45, 2.75) is 19.7 Å². The van der Waals surface area contributed by atoms with Crippen molar-refractivity contribution in [1.29, 1.82) is 0 Å². The van der Waals surface area contributed by atoms with Crippen LogP contribution in [0, 0.1) is 13.8 Å². The molecule has 0 saturated heterocycles. The monoisotopic (exact) mass is 324 g/mol. The van der Waals surface area contributed by atoms with Crippen molar-refractivity contribution in [2.75, 3.05) is 0 Å². The van der Waals surface area contributed by atoms with Gasteiger partial charge in [-0.1, -0.05) is 18.2 Å². The molecule has 0 amide bonds. The topological polar surface area (TPSA) is 9.23 Å². The van der Waals surface area contributed by atoms with Crippen molar-refractivity contribution in [2.24, 2.45) is 0 Å². The third-order valence-corrected chi connectivity index (χ3v) is 3.85. The maximum atomic E-state index is 5.93. The van der Waals surface area contributed by atoms with E-state index in [-0.39, 0.29) is 0 Å². The number of hydrogen-bond acceptors (Lipinski definition) is 1. The van der Waals surface area contributed by atoms with Gasteiger partial charge in [0.1, 0.15) is 11.5 Å². The van der Waals surface area contributed by atoms with Crippen LogP contribution in [-0.2, 0) is 5.88 Å². The molecule has 94 valence electrons. The molecule has 0 bridgehead atoms. The number of aryl methyl sites for hydroxylation is 1. The minimum absolute atomic E-state index is 0.502. The molecule has 0 aliphatic heterocycles. The number of alkyl halides is 1. The zero-order valence-electron chi connectivity index (χ0n) is 10.3. The van der Waals surface area contributed by atoms with Crippen molar-refractivity contribution in [3.63, 3.8) is 0 Å². The second-order valence-corrected chi connectivity index (χ2v) is 5.32. The van der Waals surface area contributed by atoms with Gasteiger partial charge in [0, 0.05) is 5.88 Å². The molecule has 0 spiro atoms. The Labute approximate surface area is 121 Å². The van der Waals surface area contributed by atoms with E-state index in [4.69, 9.17) is 16.3 Å². The molecule has 0 saturated carbocycles. The van der Waals surface area contributed by atoms with Crippen LogP contribution in [0.4, 0.5) is 0 Å². The molecule has 18 heavy (non-hydrogen) atoms. The Hall–Kier alpha value is -0.990. The molecule has 0 radical (unpaired) electrons. The molecule has 3 heteroatoms. The second-order valence-electron chi connectivity index (χ2n) is 4.20. The van der Waals surface area contributed by atoms with E-state index in [9.17, 15) is 0 Å². The molecule has 0 aromatic heterocycles. The normalized spacial score (nSPS) is 10.4. The van der Waals surface area contributed by atoms with Gasteiger partial charge >= 0.3 is 0 Å². The third-order valence-electron chi connectivity index (χ3n) is 2.93. The minimum atomic E-state index is 0.502. The van der Waals surface area contributed by atoms with Gasteiger partial charge in [-0.05, 0) is 64.7 Å². The molecule has 0 atom stereocenters. The van der Waals surface area contributed by atoms with Crippen LogP contribution in [0.5, 0.6) is 11.5 Å². The van der Waals surface area contributed by atoms with Crippen molar-refractivity contribution in [3.05, 3.63) is 57.6 Å². The molecular weight excluding hydrogens is 312 g/mol. The fraction of sp³-hybridized carbons (Fsp3) is 0.200. The average Bonchev–Trinajstić information content (AvgIpc) is 2.37. The maximum absolute atomic E-state index is 5.93. The Morgan fingerprint density at radius 1 is 1.11 bits per heavy atom. The first-order valence-electron chi connectivity index (χ1n) is 5.70. The van der Waals surface area contributed by atoms with Crippen molar-refractivity contribution < 1.29 is 4.74 Å². The first-order chi connectivity index (χ1) is 8.61. The number of benzene rings is 2. The van der Waals surface area contributed by atoms with Crippen LogP contribution in [0.2, 0.25) is 0 Å². The standard InChI is InChI=1S/C15H14BrClO/c1-10-4-3-5-14(11(10)2)18-15-7-6-12(9-17)8-13(15)16/h3-8H,9H2,1-2H3. The number of rotatable bonds is 3. The van der Waals surface area contributed by atoms with Gasteiger partial charge in [0.2, 0.25) is 0 Å². The zero-order valence-corrected chi connectivity index (χ0v) is 12.7. The fourth-order valence-corrected chi connectivity index (χ4v) is 2.34. The molecular formula is C15H14BrClO. The van der Waals surface area contributed by atoms with Crippen molar-refractivity contribution in [1.82, 2.24) is 0 Å². The van der Waals surface area contributed by atoms with E-state index in [1.54, 1.807) is 0 Å². The first-order valence-corrected chi connectivity index (χ1v) is 7.03. The molecule has 0 heterocycles. The van der Waals surface area contributed by atoms with Gasteiger partial charge in [0.15, 0.2) is 0 Å². The highest BCUT2D eigenvalue weighted by molar-refractivity contribution is 9.10. The molecule has 2 rings (SSSR count). The van der Waals surface area contributed by atoms with Crippen LogP contribution < -0.4 is 4.74 Å². The quantitative estimate of drug-likeness (QED) is 0.668. The van der Waals surface area contributed by atoms with Gasteiger partial charge < -0.3 is 4.74 Å². The zero-order chi connectivity index (χ0) is 13.1. The summed E-state index contributed by atoms with van der Waals surface area (Å²) >= 11 is 9.30. The SMILES string of the molecule is Cc1cccc(Oc2ccc(CCl)cc2Br)c1C. The molecule has 1 nitrogen and oxygen atoms in total. The summed E-state index contributed by atoms with van der Waals surface area (Å²) in [5.41, 5.74) is 3.45. The van der Waals surface area contributed by atoms with E-state index in [1.165, 1.54) is 5.56 Å². The number of halogens is 2. The van der Waals surface area contributed by atoms with E-state index in [0.717, 1.165) is 27.1 Å². The highest BCUT2D eigenvalue weighted by Crippen LogP contribution is 2.33. The van der Waals surface area contributed by atoms with E-state index < -0.39 is 0 Å². The Balaban J connectivity index is 2.31. The Bertz CT molecular complexity index is 566. The average molecular weight is 326 g/mol. The highest BCUT2D eigenvalue weighted by Gasteiger charge is 2.07. The lowest BCUT2D eigenvalue weighted by atomic mass is 10.1. The first kappa shape index (κ1) is 13.4. The van der Waals surface area contributed by atoms with E-state index >= 15 is 0 Å². The van der Waals surface area contributed by atoms with Crippen LogP contribution in [0.3, 0.4) is 0 Å². The highest BCUT2D eigenvalue weighted by atomic mass is 79.9. The summed E-state index contributed by atoms with van der Waals surface area (Å²) in [5.74, 6) is 2.19. The van der Waals surface area contributed by atoms with Crippen molar-refractivity contribution >= 4 is 27.5 Å². The summed E-state index contributed by atoms with van der Waals surface area (Å²) in [6, 6.07) is 11.9. The molecule has 0 unspecified atom stereocenters. The van der Waals surface area contributed by atoms with Crippen LogP contribution in [0.15, 0.2) is 40.9 Å². The number of hydrogen-bond donors (Lipinski definition) is 0. The second kappa shape index (κ2) is 5.77. The Morgan fingerprint density at radius 3 is 2.56 bits per heavy atom. The Kier molecular flexibility index (Phi) is 4.31. The fourth-order valence-electron chi connectivity index (χ4n) is 1.66. The van der Waals surface area contributed by atoms with Crippen LogP contribution in [0.25, 0.3) is 0 Å². The molecule has 2 aromatic carbocycles. The molecule has 2 aromatic rings. The van der Waals surface area contributed by atoms with E-state index in [1.807, 2.05) is 30.3 Å². The maximum Gasteiger partial charge on any atom is 0.141 e. The third kappa shape index (κ3) is 2.88. The van der Waals surface area contributed by atoms with Gasteiger partial charge in [0.05, 0.1) is 4.47 Å². The van der Waals surface area contributed by atoms with E-state index in [0.29, 0.717) is 5.88 Å². The predicted molar refractivity (Wildman–Crippen MR) is 79.7 cm³/mol. The van der Waals surface area contributed by atoms with Gasteiger partial charge in [-0.25, -0.2) is 0 Å².